The summed E-state index contributed by atoms with van der Waals surface area (Å²) in [5, 5.41) is 14.7. The van der Waals surface area contributed by atoms with Crippen molar-refractivity contribution < 1.29 is 31.9 Å². The number of nitrogens with one attached hydrogen (secondary N) is 2. The number of hydrogen-bond donors (Lipinski definition) is 2. The predicted molar refractivity (Wildman–Crippen MR) is 150 cm³/mol. The topological polar surface area (TPSA) is 109 Å². The number of alkyl halides is 3. The quantitative estimate of drug-likeness (QED) is 0.421. The zero-order valence-electron chi connectivity index (χ0n) is 23.1. The highest BCUT2D eigenvalue weighted by Gasteiger charge is 2.60. The van der Waals surface area contributed by atoms with Gasteiger partial charge in [-0.25, -0.2) is 4.39 Å². The standard InChI is InChI=1S/C30H26F4N6O3/c1-36-26-21(27(42)37-2)4-3-5-24(26)38-16-29(17-38)28(43)39(23-11-8-19(13-35)12-22(23)31)15-25(41)40(29)14-18-6-9-20(10-7-18)30(32,33)34/h3-12,36H,14-17H2,1-2H3,(H,37,42). The normalized spacial score (nSPS) is 16.2. The fraction of sp³-hybridized carbons (Fsp3) is 0.267. The van der Waals surface area contributed by atoms with Crippen LogP contribution in [0.5, 0.6) is 0 Å². The lowest BCUT2D eigenvalue weighted by molar-refractivity contribution is -0.153. The molecule has 5 rings (SSSR count). The summed E-state index contributed by atoms with van der Waals surface area (Å²) in [6.45, 7) is -0.716. The molecule has 0 saturated carbocycles. The first-order chi connectivity index (χ1) is 20.4. The lowest BCUT2D eigenvalue weighted by atomic mass is 9.82. The van der Waals surface area contributed by atoms with E-state index in [-0.39, 0.29) is 36.8 Å². The van der Waals surface area contributed by atoms with Crippen LogP contribution in [0.1, 0.15) is 27.0 Å². The van der Waals surface area contributed by atoms with Crippen molar-refractivity contribution in [3.8, 4) is 6.07 Å². The van der Waals surface area contributed by atoms with E-state index in [1.807, 2.05) is 6.07 Å². The van der Waals surface area contributed by atoms with Gasteiger partial charge in [0.1, 0.15) is 12.4 Å². The van der Waals surface area contributed by atoms with Gasteiger partial charge in [0, 0.05) is 20.6 Å². The van der Waals surface area contributed by atoms with Crippen molar-refractivity contribution in [2.24, 2.45) is 0 Å². The maximum Gasteiger partial charge on any atom is 0.416 e. The molecule has 0 unspecified atom stereocenters. The van der Waals surface area contributed by atoms with Crippen LogP contribution in [0.2, 0.25) is 0 Å². The van der Waals surface area contributed by atoms with E-state index in [1.54, 1.807) is 30.1 Å². The molecule has 2 N–H and O–H groups in total. The molecule has 0 bridgehead atoms. The van der Waals surface area contributed by atoms with E-state index in [0.29, 0.717) is 22.5 Å². The van der Waals surface area contributed by atoms with Crippen molar-refractivity contribution in [3.05, 3.63) is 88.7 Å². The van der Waals surface area contributed by atoms with Gasteiger partial charge in [-0.2, -0.15) is 18.4 Å². The van der Waals surface area contributed by atoms with E-state index in [1.165, 1.54) is 36.2 Å². The smallest absolute Gasteiger partial charge is 0.386 e. The second-order valence-corrected chi connectivity index (χ2v) is 10.3. The number of benzene rings is 3. The van der Waals surface area contributed by atoms with Gasteiger partial charge in [0.25, 0.3) is 11.8 Å². The Kier molecular flexibility index (Phi) is 7.47. The average Bonchev–Trinajstić information content (AvgIpc) is 2.97. The average molecular weight is 595 g/mol. The number of nitrogens with zero attached hydrogens (tertiary/aromatic N) is 4. The Morgan fingerprint density at radius 3 is 2.30 bits per heavy atom. The summed E-state index contributed by atoms with van der Waals surface area (Å²) >= 11 is 0. The number of amides is 3. The summed E-state index contributed by atoms with van der Waals surface area (Å²) in [6, 6.07) is 14.8. The molecule has 13 heteroatoms. The van der Waals surface area contributed by atoms with Crippen molar-refractivity contribution in [1.82, 2.24) is 10.2 Å². The summed E-state index contributed by atoms with van der Waals surface area (Å²) in [5.41, 5.74) is -0.643. The van der Waals surface area contributed by atoms with Crippen molar-refractivity contribution in [2.45, 2.75) is 18.3 Å². The zero-order valence-corrected chi connectivity index (χ0v) is 23.1. The number of anilines is 3. The third kappa shape index (κ3) is 5.09. The van der Waals surface area contributed by atoms with Gasteiger partial charge < -0.3 is 20.4 Å². The number of para-hydroxylation sites is 1. The maximum atomic E-state index is 15.0. The fourth-order valence-electron chi connectivity index (χ4n) is 5.56. The van der Waals surface area contributed by atoms with Crippen LogP contribution in [0.25, 0.3) is 0 Å². The molecule has 43 heavy (non-hydrogen) atoms. The molecule has 2 heterocycles. The molecule has 0 aromatic heterocycles. The molecule has 222 valence electrons. The number of hydrogen-bond acceptors (Lipinski definition) is 6. The number of carbonyl (C=O) groups excluding carboxylic acids is 3. The van der Waals surface area contributed by atoms with Gasteiger partial charge in [0.2, 0.25) is 5.91 Å². The SMILES string of the molecule is CNC(=O)c1cccc(N2CC3(C2)C(=O)N(c2ccc(C#N)cc2F)CC(=O)N3Cc2ccc(C(F)(F)F)cc2)c1NC. The fourth-order valence-corrected chi connectivity index (χ4v) is 5.56. The molecule has 3 aromatic carbocycles. The summed E-state index contributed by atoms with van der Waals surface area (Å²) in [7, 11) is 3.14. The monoisotopic (exact) mass is 594 g/mol. The van der Waals surface area contributed by atoms with Crippen LogP contribution < -0.4 is 20.4 Å². The minimum absolute atomic E-state index is 0.0293. The number of carbonyl (C=O) groups is 3. The third-order valence-corrected chi connectivity index (χ3v) is 7.75. The maximum absolute atomic E-state index is 15.0. The largest absolute Gasteiger partial charge is 0.416 e. The summed E-state index contributed by atoms with van der Waals surface area (Å²) in [4.78, 5) is 44.4. The van der Waals surface area contributed by atoms with Crippen LogP contribution in [-0.4, -0.2) is 61.9 Å². The molecule has 0 aliphatic carbocycles. The van der Waals surface area contributed by atoms with E-state index in [9.17, 15) is 27.6 Å². The van der Waals surface area contributed by atoms with Crippen molar-refractivity contribution >= 4 is 34.8 Å². The summed E-state index contributed by atoms with van der Waals surface area (Å²) in [5.74, 6) is -2.29. The Hall–Kier alpha value is -5.12. The molecule has 2 aliphatic rings. The van der Waals surface area contributed by atoms with E-state index in [2.05, 4.69) is 10.6 Å². The van der Waals surface area contributed by atoms with Crippen LogP contribution in [-0.2, 0) is 22.3 Å². The van der Waals surface area contributed by atoms with Crippen LogP contribution in [0.3, 0.4) is 0 Å². The lowest BCUT2D eigenvalue weighted by Gasteiger charge is -2.59. The molecule has 1 spiro atoms. The first kappa shape index (κ1) is 29.4. The number of piperazine rings is 1. The third-order valence-electron chi connectivity index (χ3n) is 7.75. The Bertz CT molecular complexity index is 1650. The summed E-state index contributed by atoms with van der Waals surface area (Å²) in [6.07, 6.45) is -4.54. The molecule has 2 saturated heterocycles. The highest BCUT2D eigenvalue weighted by atomic mass is 19.4. The van der Waals surface area contributed by atoms with Gasteiger partial charge >= 0.3 is 6.18 Å². The molecule has 2 aliphatic heterocycles. The van der Waals surface area contributed by atoms with Gasteiger partial charge in [0.05, 0.1) is 52.9 Å². The summed E-state index contributed by atoms with van der Waals surface area (Å²) < 4.78 is 54.4. The van der Waals surface area contributed by atoms with Crippen LogP contribution in [0.15, 0.2) is 60.7 Å². The molecule has 9 nitrogen and oxygen atoms in total. The zero-order chi connectivity index (χ0) is 31.1. The Labute approximate surface area is 244 Å². The van der Waals surface area contributed by atoms with Crippen molar-refractivity contribution in [1.29, 1.82) is 5.26 Å². The Morgan fingerprint density at radius 1 is 1.02 bits per heavy atom. The van der Waals surface area contributed by atoms with E-state index >= 15 is 4.39 Å². The van der Waals surface area contributed by atoms with E-state index < -0.39 is 41.5 Å². The first-order valence-electron chi connectivity index (χ1n) is 13.2. The second kappa shape index (κ2) is 10.9. The molecule has 0 atom stereocenters. The van der Waals surface area contributed by atoms with Crippen molar-refractivity contribution in [2.75, 3.05) is 48.8 Å². The van der Waals surface area contributed by atoms with E-state index in [0.717, 1.165) is 23.1 Å². The van der Waals surface area contributed by atoms with E-state index in [4.69, 9.17) is 5.26 Å². The highest BCUT2D eigenvalue weighted by molar-refractivity contribution is 6.11. The van der Waals surface area contributed by atoms with Crippen molar-refractivity contribution in [3.63, 3.8) is 0 Å². The number of rotatable bonds is 6. The molecule has 3 aromatic rings. The number of nitriles is 1. The highest BCUT2D eigenvalue weighted by Crippen LogP contribution is 2.42. The first-order valence-corrected chi connectivity index (χ1v) is 13.2. The Morgan fingerprint density at radius 2 is 1.72 bits per heavy atom. The Balaban J connectivity index is 1.53. The van der Waals surface area contributed by atoms with Gasteiger partial charge in [-0.1, -0.05) is 18.2 Å². The van der Waals surface area contributed by atoms with Gasteiger partial charge in [-0.15, -0.1) is 0 Å². The van der Waals surface area contributed by atoms with Crippen LogP contribution in [0, 0.1) is 17.1 Å². The van der Waals surface area contributed by atoms with Crippen LogP contribution in [0.4, 0.5) is 34.6 Å². The van der Waals surface area contributed by atoms with Gasteiger partial charge in [0.15, 0.2) is 5.54 Å². The van der Waals surface area contributed by atoms with Gasteiger partial charge in [-0.3, -0.25) is 19.3 Å². The second-order valence-electron chi connectivity index (χ2n) is 10.3. The minimum Gasteiger partial charge on any atom is -0.386 e. The molecule has 2 fully saturated rings. The minimum atomic E-state index is -4.54. The molecule has 3 amide bonds. The lowest BCUT2D eigenvalue weighted by Crippen LogP contribution is -2.81. The predicted octanol–water partition coefficient (Wildman–Crippen LogP) is 3.75. The van der Waals surface area contributed by atoms with Gasteiger partial charge in [-0.05, 0) is 48.0 Å². The molecular weight excluding hydrogens is 568 g/mol. The molecule has 0 radical (unpaired) electrons. The van der Waals surface area contributed by atoms with Crippen LogP contribution >= 0.6 is 0 Å². The number of halogens is 4. The molecular formula is C30H26F4N6O3.